The number of imide groups is 1. The first kappa shape index (κ1) is 24.8. The number of hydrogen-bond donors (Lipinski definition) is 2. The largest absolute Gasteiger partial charge is 0.490 e. The minimum atomic E-state index is -1.17. The SMILES string of the molecule is CCOc1cccc(/C=C2\SC(=O)N(CC(=O)Nc3ccc(C)cc3C)C2=O)c1OCC(=O)O. The van der Waals surface area contributed by atoms with E-state index in [4.69, 9.17) is 14.6 Å². The molecule has 0 radical (unpaired) electrons. The summed E-state index contributed by atoms with van der Waals surface area (Å²) in [5.74, 6) is -1.85. The van der Waals surface area contributed by atoms with Gasteiger partial charge >= 0.3 is 5.97 Å². The zero-order chi connectivity index (χ0) is 24.8. The van der Waals surface area contributed by atoms with Gasteiger partial charge in [-0.15, -0.1) is 0 Å². The van der Waals surface area contributed by atoms with Crippen molar-refractivity contribution in [2.75, 3.05) is 25.1 Å². The van der Waals surface area contributed by atoms with Crippen LogP contribution in [0.5, 0.6) is 11.5 Å². The summed E-state index contributed by atoms with van der Waals surface area (Å²) in [6.07, 6.45) is 1.42. The van der Waals surface area contributed by atoms with Crippen molar-refractivity contribution in [1.29, 1.82) is 0 Å². The van der Waals surface area contributed by atoms with Crippen molar-refractivity contribution in [3.8, 4) is 11.5 Å². The minimum absolute atomic E-state index is 0.0816. The molecule has 1 fully saturated rings. The number of carbonyl (C=O) groups excluding carboxylic acids is 3. The number of carboxylic acids is 1. The molecular formula is C24H24N2O7S. The summed E-state index contributed by atoms with van der Waals surface area (Å²) in [6.45, 7) is 4.84. The van der Waals surface area contributed by atoms with Crippen LogP contribution in [0.2, 0.25) is 0 Å². The molecule has 2 aromatic carbocycles. The highest BCUT2D eigenvalue weighted by Crippen LogP contribution is 2.37. The van der Waals surface area contributed by atoms with Crippen molar-refractivity contribution in [3.63, 3.8) is 0 Å². The Labute approximate surface area is 200 Å². The maximum atomic E-state index is 12.9. The average Bonchev–Trinajstić information content (AvgIpc) is 3.02. The van der Waals surface area contributed by atoms with Gasteiger partial charge in [0.15, 0.2) is 18.1 Å². The van der Waals surface area contributed by atoms with Crippen LogP contribution in [0.3, 0.4) is 0 Å². The highest BCUT2D eigenvalue weighted by Gasteiger charge is 2.36. The number of aryl methyl sites for hydroxylation is 2. The molecule has 10 heteroatoms. The van der Waals surface area contributed by atoms with E-state index in [2.05, 4.69) is 5.32 Å². The zero-order valence-electron chi connectivity index (χ0n) is 18.9. The monoisotopic (exact) mass is 484 g/mol. The lowest BCUT2D eigenvalue weighted by Gasteiger charge is -2.14. The number of benzene rings is 2. The average molecular weight is 485 g/mol. The first-order valence-corrected chi connectivity index (χ1v) is 11.2. The number of rotatable bonds is 9. The molecule has 0 spiro atoms. The number of nitrogens with zero attached hydrogens (tertiary/aromatic N) is 1. The number of ether oxygens (including phenoxy) is 2. The molecule has 34 heavy (non-hydrogen) atoms. The molecule has 0 atom stereocenters. The van der Waals surface area contributed by atoms with E-state index in [9.17, 15) is 19.2 Å². The van der Waals surface area contributed by atoms with Crippen LogP contribution in [-0.4, -0.2) is 52.8 Å². The first-order valence-electron chi connectivity index (χ1n) is 10.4. The van der Waals surface area contributed by atoms with Crippen LogP contribution in [0.4, 0.5) is 10.5 Å². The van der Waals surface area contributed by atoms with Crippen LogP contribution < -0.4 is 14.8 Å². The van der Waals surface area contributed by atoms with Crippen LogP contribution in [0.1, 0.15) is 23.6 Å². The van der Waals surface area contributed by atoms with E-state index in [-0.39, 0.29) is 10.7 Å². The summed E-state index contributed by atoms with van der Waals surface area (Å²) >= 11 is 0.688. The normalized spacial score (nSPS) is 14.4. The zero-order valence-corrected chi connectivity index (χ0v) is 19.7. The van der Waals surface area contributed by atoms with Crippen LogP contribution in [0, 0.1) is 13.8 Å². The van der Waals surface area contributed by atoms with Gasteiger partial charge in [-0.25, -0.2) is 4.79 Å². The molecule has 3 amide bonds. The second kappa shape index (κ2) is 10.9. The molecule has 1 aliphatic heterocycles. The van der Waals surface area contributed by atoms with E-state index in [0.717, 1.165) is 16.0 Å². The molecule has 0 unspecified atom stereocenters. The lowest BCUT2D eigenvalue weighted by atomic mass is 10.1. The number of thioether (sulfide) groups is 1. The highest BCUT2D eigenvalue weighted by atomic mass is 32.2. The van der Waals surface area contributed by atoms with Gasteiger partial charge in [0.25, 0.3) is 11.1 Å². The topological polar surface area (TPSA) is 122 Å². The van der Waals surface area contributed by atoms with Gasteiger partial charge in [-0.05, 0) is 56.3 Å². The van der Waals surface area contributed by atoms with E-state index in [0.29, 0.717) is 35.4 Å². The predicted octanol–water partition coefficient (Wildman–Crippen LogP) is 3.84. The number of anilines is 1. The third-order valence-electron chi connectivity index (χ3n) is 4.77. The molecule has 0 aliphatic carbocycles. The fraction of sp³-hybridized carbons (Fsp3) is 0.250. The summed E-state index contributed by atoms with van der Waals surface area (Å²) in [7, 11) is 0. The molecule has 3 rings (SSSR count). The van der Waals surface area contributed by atoms with E-state index < -0.39 is 36.2 Å². The van der Waals surface area contributed by atoms with Gasteiger partial charge in [0.1, 0.15) is 6.54 Å². The fourth-order valence-electron chi connectivity index (χ4n) is 3.27. The Kier molecular flexibility index (Phi) is 7.95. The second-order valence-electron chi connectivity index (χ2n) is 7.42. The Morgan fingerprint density at radius 3 is 2.59 bits per heavy atom. The van der Waals surface area contributed by atoms with Crippen molar-refractivity contribution in [2.24, 2.45) is 0 Å². The van der Waals surface area contributed by atoms with Gasteiger partial charge in [-0.1, -0.05) is 29.8 Å². The molecule has 2 N–H and O–H groups in total. The summed E-state index contributed by atoms with van der Waals surface area (Å²) in [5, 5.41) is 11.1. The molecule has 2 aromatic rings. The molecule has 178 valence electrons. The first-order chi connectivity index (χ1) is 16.2. The smallest absolute Gasteiger partial charge is 0.341 e. The third-order valence-corrected chi connectivity index (χ3v) is 5.67. The molecule has 0 saturated carbocycles. The minimum Gasteiger partial charge on any atom is -0.490 e. The molecular weight excluding hydrogens is 460 g/mol. The lowest BCUT2D eigenvalue weighted by Crippen LogP contribution is -2.36. The number of nitrogens with one attached hydrogen (secondary N) is 1. The number of carbonyl (C=O) groups is 4. The van der Waals surface area contributed by atoms with Gasteiger partial charge in [-0.3, -0.25) is 19.3 Å². The Hall–Kier alpha value is -3.79. The summed E-state index contributed by atoms with van der Waals surface area (Å²) in [5.41, 5.74) is 2.89. The molecule has 1 aliphatic rings. The van der Waals surface area contributed by atoms with E-state index in [1.54, 1.807) is 31.2 Å². The van der Waals surface area contributed by atoms with E-state index in [1.807, 2.05) is 26.0 Å². The maximum Gasteiger partial charge on any atom is 0.341 e. The summed E-state index contributed by atoms with van der Waals surface area (Å²) in [6, 6.07) is 10.4. The molecule has 1 heterocycles. The van der Waals surface area contributed by atoms with Gasteiger partial charge in [0, 0.05) is 11.3 Å². The number of aliphatic carboxylic acids is 1. The predicted molar refractivity (Wildman–Crippen MR) is 128 cm³/mol. The van der Waals surface area contributed by atoms with Crippen molar-refractivity contribution < 1.29 is 33.8 Å². The number of hydrogen-bond acceptors (Lipinski definition) is 7. The Bertz CT molecular complexity index is 1180. The van der Waals surface area contributed by atoms with Crippen molar-refractivity contribution in [3.05, 3.63) is 58.0 Å². The third kappa shape index (κ3) is 5.96. The van der Waals surface area contributed by atoms with Crippen LogP contribution >= 0.6 is 11.8 Å². The molecule has 9 nitrogen and oxygen atoms in total. The van der Waals surface area contributed by atoms with Crippen molar-refractivity contribution in [1.82, 2.24) is 4.90 Å². The summed E-state index contributed by atoms with van der Waals surface area (Å²) < 4.78 is 10.9. The van der Waals surface area contributed by atoms with Crippen LogP contribution in [-0.2, 0) is 14.4 Å². The fourth-order valence-corrected chi connectivity index (χ4v) is 4.10. The Morgan fingerprint density at radius 1 is 1.15 bits per heavy atom. The van der Waals surface area contributed by atoms with Crippen LogP contribution in [0.15, 0.2) is 41.3 Å². The summed E-state index contributed by atoms with van der Waals surface area (Å²) in [4.78, 5) is 49.8. The van der Waals surface area contributed by atoms with Crippen molar-refractivity contribution >= 4 is 46.5 Å². The van der Waals surface area contributed by atoms with Gasteiger partial charge < -0.3 is 19.9 Å². The second-order valence-corrected chi connectivity index (χ2v) is 8.42. The quantitative estimate of drug-likeness (QED) is 0.515. The molecule has 0 bridgehead atoms. The number of carboxylic acid groups (broad SMARTS) is 1. The van der Waals surface area contributed by atoms with Gasteiger partial charge in [0.2, 0.25) is 5.91 Å². The van der Waals surface area contributed by atoms with Gasteiger partial charge in [0.05, 0.1) is 11.5 Å². The Balaban J connectivity index is 1.79. The number of para-hydroxylation sites is 1. The van der Waals surface area contributed by atoms with Crippen LogP contribution in [0.25, 0.3) is 6.08 Å². The van der Waals surface area contributed by atoms with E-state index >= 15 is 0 Å². The molecule has 0 aromatic heterocycles. The van der Waals surface area contributed by atoms with E-state index in [1.165, 1.54) is 6.08 Å². The lowest BCUT2D eigenvalue weighted by molar-refractivity contribution is -0.139. The number of amides is 3. The Morgan fingerprint density at radius 2 is 1.91 bits per heavy atom. The van der Waals surface area contributed by atoms with Gasteiger partial charge in [-0.2, -0.15) is 0 Å². The standard InChI is InChI=1S/C24H24N2O7S/c1-4-32-18-7-5-6-16(22(18)33-13-21(28)29)11-19-23(30)26(24(31)34-19)12-20(27)25-17-9-8-14(2)10-15(17)3/h5-11H,4,12-13H2,1-3H3,(H,25,27)(H,28,29)/b19-11-. The van der Waals surface area contributed by atoms with Crippen molar-refractivity contribution in [2.45, 2.75) is 20.8 Å². The maximum absolute atomic E-state index is 12.9. The highest BCUT2D eigenvalue weighted by molar-refractivity contribution is 8.18. The molecule has 1 saturated heterocycles.